The molecule has 180 valence electrons. The number of nitrogens with zero attached hydrogens (tertiary/aromatic N) is 3. The predicted molar refractivity (Wildman–Crippen MR) is 136 cm³/mol. The van der Waals surface area contributed by atoms with Crippen LogP contribution in [-0.2, 0) is 0 Å². The number of imidazole rings is 1. The first-order chi connectivity index (χ1) is 17.1. The van der Waals surface area contributed by atoms with Gasteiger partial charge >= 0.3 is 0 Å². The molecule has 0 aliphatic heterocycles. The van der Waals surface area contributed by atoms with Crippen molar-refractivity contribution in [2.24, 2.45) is 0 Å². The average molecular weight is 493 g/mol. The molecule has 0 atom stereocenters. The lowest BCUT2D eigenvalue weighted by atomic mass is 10.2. The number of benzene rings is 2. The third-order valence-electron chi connectivity index (χ3n) is 5.60. The Labute approximate surface area is 205 Å². The Morgan fingerprint density at radius 1 is 0.771 bits per heavy atom. The maximum atomic E-state index is 5.67. The van der Waals surface area contributed by atoms with Gasteiger partial charge in [0.25, 0.3) is 0 Å². The quantitative estimate of drug-likeness (QED) is 0.308. The summed E-state index contributed by atoms with van der Waals surface area (Å²) >= 11 is 1.60. The van der Waals surface area contributed by atoms with E-state index in [9.17, 15) is 0 Å². The summed E-state index contributed by atoms with van der Waals surface area (Å²) in [5.74, 6) is 3.75. The molecule has 0 unspecified atom stereocenters. The highest BCUT2D eigenvalue weighted by atomic mass is 32.1. The first-order valence-corrected chi connectivity index (χ1v) is 11.5. The molecule has 3 heterocycles. The molecule has 0 fully saturated rings. The van der Waals surface area contributed by atoms with Gasteiger partial charge in [-0.1, -0.05) is 0 Å². The molecule has 0 saturated heterocycles. The van der Waals surface area contributed by atoms with Gasteiger partial charge in [-0.3, -0.25) is 0 Å². The molecule has 0 radical (unpaired) electrons. The molecule has 5 rings (SSSR count). The van der Waals surface area contributed by atoms with Crippen LogP contribution in [0.15, 0.2) is 48.7 Å². The number of hydrogen-bond acceptors (Lipinski definition) is 9. The summed E-state index contributed by atoms with van der Waals surface area (Å²) < 4.78 is 30.3. The SMILES string of the molecule is COc1ccc(Nc2ccc3ncc(-c4cc5c(OC)c(OC)c(OC)cc5s4)n3n2)cc1OC. The van der Waals surface area contributed by atoms with Crippen LogP contribution in [0.25, 0.3) is 26.3 Å². The van der Waals surface area contributed by atoms with Crippen LogP contribution in [-0.4, -0.2) is 50.1 Å². The highest BCUT2D eigenvalue weighted by Gasteiger charge is 2.20. The van der Waals surface area contributed by atoms with E-state index in [4.69, 9.17) is 28.8 Å². The molecule has 0 aliphatic rings. The van der Waals surface area contributed by atoms with Gasteiger partial charge in [0.1, 0.15) is 5.69 Å². The molecule has 5 aromatic rings. The van der Waals surface area contributed by atoms with E-state index in [1.165, 1.54) is 0 Å². The van der Waals surface area contributed by atoms with Crippen LogP contribution in [0.1, 0.15) is 0 Å². The van der Waals surface area contributed by atoms with E-state index in [1.54, 1.807) is 46.9 Å². The van der Waals surface area contributed by atoms with E-state index in [1.807, 2.05) is 47.1 Å². The van der Waals surface area contributed by atoms with Gasteiger partial charge in [0, 0.05) is 27.9 Å². The number of thiophene rings is 1. The molecule has 2 aromatic carbocycles. The molecule has 0 saturated carbocycles. The fourth-order valence-electron chi connectivity index (χ4n) is 3.95. The van der Waals surface area contributed by atoms with Gasteiger partial charge in [-0.15, -0.1) is 16.4 Å². The summed E-state index contributed by atoms with van der Waals surface area (Å²) in [6.07, 6.45) is 1.81. The number of methoxy groups -OCH3 is 5. The van der Waals surface area contributed by atoms with Crippen LogP contribution in [0, 0.1) is 0 Å². The Bertz CT molecular complexity index is 1530. The standard InChI is InChI=1S/C25H24N4O5S/c1-30-17-7-6-14(10-18(17)31-2)27-22-8-9-23-26-13-16(29(23)28-22)21-11-15-20(35-21)12-19(32-3)25(34-5)24(15)33-4/h6-13H,1-5H3,(H,27,28). The Balaban J connectivity index is 1.56. The Morgan fingerprint density at radius 3 is 2.26 bits per heavy atom. The van der Waals surface area contributed by atoms with Crippen LogP contribution in [0.3, 0.4) is 0 Å². The lowest BCUT2D eigenvalue weighted by Crippen LogP contribution is -2.00. The molecule has 10 heteroatoms. The van der Waals surface area contributed by atoms with Crippen molar-refractivity contribution in [3.63, 3.8) is 0 Å². The van der Waals surface area contributed by atoms with Crippen molar-refractivity contribution in [2.45, 2.75) is 0 Å². The van der Waals surface area contributed by atoms with E-state index >= 15 is 0 Å². The highest BCUT2D eigenvalue weighted by Crippen LogP contribution is 2.47. The first-order valence-electron chi connectivity index (χ1n) is 10.7. The Morgan fingerprint density at radius 2 is 1.54 bits per heavy atom. The maximum Gasteiger partial charge on any atom is 0.204 e. The van der Waals surface area contributed by atoms with Crippen molar-refractivity contribution < 1.29 is 23.7 Å². The molecule has 0 aliphatic carbocycles. The molecular formula is C25H24N4O5S. The average Bonchev–Trinajstić information content (AvgIpc) is 3.50. The topological polar surface area (TPSA) is 88.4 Å². The lowest BCUT2D eigenvalue weighted by molar-refractivity contribution is 0.327. The molecule has 3 aromatic heterocycles. The summed E-state index contributed by atoms with van der Waals surface area (Å²) in [6, 6.07) is 13.4. The van der Waals surface area contributed by atoms with Crippen LogP contribution in [0.4, 0.5) is 11.5 Å². The van der Waals surface area contributed by atoms with Crippen LogP contribution >= 0.6 is 11.3 Å². The summed E-state index contributed by atoms with van der Waals surface area (Å²) in [4.78, 5) is 5.52. The zero-order valence-electron chi connectivity index (χ0n) is 19.9. The molecule has 1 N–H and O–H groups in total. The van der Waals surface area contributed by atoms with Gasteiger partial charge < -0.3 is 29.0 Å². The normalized spacial score (nSPS) is 11.0. The largest absolute Gasteiger partial charge is 0.493 e. The second kappa shape index (κ2) is 9.22. The van der Waals surface area contributed by atoms with E-state index < -0.39 is 0 Å². The minimum absolute atomic E-state index is 0.560. The van der Waals surface area contributed by atoms with E-state index in [0.29, 0.717) is 34.6 Å². The Hall–Kier alpha value is -4.18. The van der Waals surface area contributed by atoms with Crippen molar-refractivity contribution in [3.8, 4) is 39.3 Å². The minimum Gasteiger partial charge on any atom is -0.493 e. The second-order valence-corrected chi connectivity index (χ2v) is 8.58. The highest BCUT2D eigenvalue weighted by molar-refractivity contribution is 7.22. The number of hydrogen-bond donors (Lipinski definition) is 1. The summed E-state index contributed by atoms with van der Waals surface area (Å²) in [5, 5.41) is 9.03. The molecule has 0 spiro atoms. The van der Waals surface area contributed by atoms with Gasteiger partial charge in [0.15, 0.2) is 34.5 Å². The molecule has 0 amide bonds. The van der Waals surface area contributed by atoms with Gasteiger partial charge in [-0.2, -0.15) is 0 Å². The molecule has 0 bridgehead atoms. The number of aromatic nitrogens is 3. The molecule has 35 heavy (non-hydrogen) atoms. The Kier molecular flexibility index (Phi) is 5.96. The van der Waals surface area contributed by atoms with E-state index in [2.05, 4.69) is 16.4 Å². The summed E-state index contributed by atoms with van der Waals surface area (Å²) in [6.45, 7) is 0. The second-order valence-electron chi connectivity index (χ2n) is 7.49. The van der Waals surface area contributed by atoms with Crippen molar-refractivity contribution in [1.82, 2.24) is 14.6 Å². The third-order valence-corrected chi connectivity index (χ3v) is 6.70. The van der Waals surface area contributed by atoms with Gasteiger partial charge in [-0.25, -0.2) is 9.50 Å². The van der Waals surface area contributed by atoms with Crippen molar-refractivity contribution in [1.29, 1.82) is 0 Å². The van der Waals surface area contributed by atoms with Crippen LogP contribution < -0.4 is 29.0 Å². The molecule has 9 nitrogen and oxygen atoms in total. The molecular weight excluding hydrogens is 468 g/mol. The zero-order valence-corrected chi connectivity index (χ0v) is 20.7. The number of anilines is 2. The lowest BCUT2D eigenvalue weighted by Gasteiger charge is -2.12. The fourth-order valence-corrected chi connectivity index (χ4v) is 5.04. The van der Waals surface area contributed by atoms with Crippen molar-refractivity contribution in [3.05, 3.63) is 48.7 Å². The number of fused-ring (bicyclic) bond motifs is 2. The van der Waals surface area contributed by atoms with E-state index in [-0.39, 0.29) is 0 Å². The first kappa shape index (κ1) is 22.6. The van der Waals surface area contributed by atoms with Crippen molar-refractivity contribution >= 4 is 38.6 Å². The van der Waals surface area contributed by atoms with Gasteiger partial charge in [0.05, 0.1) is 46.6 Å². The summed E-state index contributed by atoms with van der Waals surface area (Å²) in [5.41, 5.74) is 2.41. The maximum absolute atomic E-state index is 5.67. The predicted octanol–water partition coefficient (Wildman–Crippen LogP) is 5.40. The smallest absolute Gasteiger partial charge is 0.204 e. The third kappa shape index (κ3) is 3.91. The monoisotopic (exact) mass is 492 g/mol. The van der Waals surface area contributed by atoms with E-state index in [0.717, 1.165) is 32.0 Å². The summed E-state index contributed by atoms with van der Waals surface area (Å²) in [7, 11) is 8.04. The van der Waals surface area contributed by atoms with Crippen LogP contribution in [0.5, 0.6) is 28.7 Å². The van der Waals surface area contributed by atoms with Gasteiger partial charge in [-0.05, 0) is 30.3 Å². The number of rotatable bonds is 8. The zero-order chi connectivity index (χ0) is 24.5. The number of ether oxygens (including phenoxy) is 5. The number of nitrogens with one attached hydrogen (secondary N) is 1. The van der Waals surface area contributed by atoms with Gasteiger partial charge in [0.2, 0.25) is 5.75 Å². The minimum atomic E-state index is 0.560. The van der Waals surface area contributed by atoms with Crippen LogP contribution in [0.2, 0.25) is 0 Å². The fraction of sp³-hybridized carbons (Fsp3) is 0.200. The van der Waals surface area contributed by atoms with Crippen molar-refractivity contribution in [2.75, 3.05) is 40.9 Å².